The van der Waals surface area contributed by atoms with Gasteiger partial charge in [0.2, 0.25) is 0 Å². The van der Waals surface area contributed by atoms with Crippen LogP contribution in [0.3, 0.4) is 0 Å². The molecule has 0 radical (unpaired) electrons. The molecule has 0 atom stereocenters. The topological polar surface area (TPSA) is 31.0 Å². The number of aromatic nitrogens is 2. The van der Waals surface area contributed by atoms with Gasteiger partial charge in [-0.3, -0.25) is 0 Å². The van der Waals surface area contributed by atoms with Crippen molar-refractivity contribution in [3.63, 3.8) is 0 Å². The number of thiophene rings is 1. The molecule has 3 aromatic heterocycles. The molecule has 0 fully saturated rings. The first-order chi connectivity index (χ1) is 12.4. The van der Waals surface area contributed by atoms with Crippen LogP contribution < -0.4 is 0 Å². The van der Waals surface area contributed by atoms with Gasteiger partial charge in [0.05, 0.1) is 11.2 Å². The van der Waals surface area contributed by atoms with Gasteiger partial charge < -0.3 is 8.98 Å². The van der Waals surface area contributed by atoms with E-state index in [9.17, 15) is 0 Å². The molecular weight excluding hydrogens is 328 g/mol. The van der Waals surface area contributed by atoms with E-state index in [1.165, 1.54) is 37.6 Å². The molecule has 0 saturated heterocycles. The zero-order valence-electron chi connectivity index (χ0n) is 13.1. The molecule has 0 bridgehead atoms. The molecule has 25 heavy (non-hydrogen) atoms. The molecule has 0 amide bonds. The molecule has 0 aliphatic carbocycles. The second kappa shape index (κ2) is 4.71. The lowest BCUT2D eigenvalue weighted by Crippen LogP contribution is -1.91. The van der Waals surface area contributed by atoms with Crippen LogP contribution >= 0.6 is 11.3 Å². The van der Waals surface area contributed by atoms with E-state index in [1.807, 2.05) is 17.4 Å². The smallest absolute Gasteiger partial charge is 0.181 e. The molecule has 3 nitrogen and oxygen atoms in total. The highest BCUT2D eigenvalue weighted by atomic mass is 32.1. The molecule has 3 heterocycles. The van der Waals surface area contributed by atoms with Crippen molar-refractivity contribution in [1.29, 1.82) is 0 Å². The summed E-state index contributed by atoms with van der Waals surface area (Å²) in [7, 11) is 0. The third-order valence-electron chi connectivity index (χ3n) is 4.77. The zero-order valence-corrected chi connectivity index (χ0v) is 14.0. The highest BCUT2D eigenvalue weighted by Crippen LogP contribution is 2.42. The summed E-state index contributed by atoms with van der Waals surface area (Å²) < 4.78 is 9.16. The van der Waals surface area contributed by atoms with Crippen molar-refractivity contribution >= 4 is 53.6 Å². The van der Waals surface area contributed by atoms with Gasteiger partial charge in [-0.1, -0.05) is 36.4 Å². The number of para-hydroxylation sites is 1. The summed E-state index contributed by atoms with van der Waals surface area (Å²) in [5, 5.41) is 3.93. The number of fused-ring (bicyclic) bond motifs is 6. The Morgan fingerprint density at radius 3 is 2.68 bits per heavy atom. The minimum atomic E-state index is 0.810. The molecule has 0 unspecified atom stereocenters. The summed E-state index contributed by atoms with van der Waals surface area (Å²) in [6.07, 6.45) is 1.50. The number of hydrogen-bond acceptors (Lipinski definition) is 3. The maximum atomic E-state index is 5.52. The summed E-state index contributed by atoms with van der Waals surface area (Å²) in [6, 6.07) is 23.4. The van der Waals surface area contributed by atoms with Crippen molar-refractivity contribution in [3.05, 3.63) is 73.1 Å². The second-order valence-electron chi connectivity index (χ2n) is 6.14. The molecule has 6 aromatic rings. The van der Waals surface area contributed by atoms with Gasteiger partial charge >= 0.3 is 0 Å². The maximum Gasteiger partial charge on any atom is 0.181 e. The Hall–Kier alpha value is -3.11. The van der Waals surface area contributed by atoms with Crippen LogP contribution in [0.25, 0.3) is 48.0 Å². The highest BCUT2D eigenvalue weighted by molar-refractivity contribution is 7.25. The molecule has 4 heteroatoms. The Balaban J connectivity index is 1.83. The Kier molecular flexibility index (Phi) is 2.49. The molecule has 0 aliphatic rings. The fourth-order valence-electron chi connectivity index (χ4n) is 3.68. The Morgan fingerprint density at radius 1 is 0.880 bits per heavy atom. The van der Waals surface area contributed by atoms with Crippen molar-refractivity contribution < 1.29 is 4.42 Å². The standard InChI is InChI=1S/C21H12N2OS/c1-3-7-17-14(5-1)20-15-6-2-4-8-19(15)25-21(20)23(17)13-9-10-16-18(11-13)24-12-22-16/h1-12H. The summed E-state index contributed by atoms with van der Waals surface area (Å²) in [6.45, 7) is 0. The van der Waals surface area contributed by atoms with Crippen LogP contribution in [0.5, 0.6) is 0 Å². The third-order valence-corrected chi connectivity index (χ3v) is 5.92. The predicted molar refractivity (Wildman–Crippen MR) is 104 cm³/mol. The van der Waals surface area contributed by atoms with Crippen LogP contribution in [0.1, 0.15) is 0 Å². The van der Waals surface area contributed by atoms with Crippen molar-refractivity contribution in [2.45, 2.75) is 0 Å². The molecule has 0 saturated carbocycles. The fourth-order valence-corrected chi connectivity index (χ4v) is 4.93. The lowest BCUT2D eigenvalue weighted by Gasteiger charge is -2.06. The van der Waals surface area contributed by atoms with Crippen molar-refractivity contribution in [2.24, 2.45) is 0 Å². The van der Waals surface area contributed by atoms with Crippen LogP contribution in [-0.2, 0) is 0 Å². The number of oxazole rings is 1. The van der Waals surface area contributed by atoms with Crippen LogP contribution in [0, 0.1) is 0 Å². The van der Waals surface area contributed by atoms with Crippen molar-refractivity contribution in [1.82, 2.24) is 9.55 Å². The minimum Gasteiger partial charge on any atom is -0.443 e. The molecule has 0 spiro atoms. The van der Waals surface area contributed by atoms with E-state index in [2.05, 4.69) is 70.2 Å². The molecule has 6 rings (SSSR count). The molecule has 0 N–H and O–H groups in total. The van der Waals surface area contributed by atoms with Crippen LogP contribution in [0.2, 0.25) is 0 Å². The SMILES string of the molecule is c1ccc2c(c1)sc1c2c2ccccc2n1-c1ccc2ncoc2c1. The van der Waals surface area contributed by atoms with E-state index >= 15 is 0 Å². The van der Waals surface area contributed by atoms with E-state index < -0.39 is 0 Å². The van der Waals surface area contributed by atoms with Gasteiger partial charge in [-0.05, 0) is 24.3 Å². The summed E-state index contributed by atoms with van der Waals surface area (Å²) in [4.78, 5) is 5.49. The van der Waals surface area contributed by atoms with Crippen LogP contribution in [0.4, 0.5) is 0 Å². The Bertz CT molecular complexity index is 1400. The van der Waals surface area contributed by atoms with Crippen LogP contribution in [0.15, 0.2) is 77.5 Å². The molecule has 118 valence electrons. The number of nitrogens with zero attached hydrogens (tertiary/aromatic N) is 2. The van der Waals surface area contributed by atoms with Gasteiger partial charge in [0.15, 0.2) is 12.0 Å². The largest absolute Gasteiger partial charge is 0.443 e. The number of hydrogen-bond donors (Lipinski definition) is 0. The third kappa shape index (κ3) is 1.72. The molecule has 3 aromatic carbocycles. The fraction of sp³-hybridized carbons (Fsp3) is 0. The van der Waals surface area contributed by atoms with E-state index in [0.29, 0.717) is 0 Å². The maximum absolute atomic E-state index is 5.52. The van der Waals surface area contributed by atoms with E-state index in [0.717, 1.165) is 16.8 Å². The van der Waals surface area contributed by atoms with E-state index in [4.69, 9.17) is 4.42 Å². The summed E-state index contributed by atoms with van der Waals surface area (Å²) >= 11 is 1.83. The van der Waals surface area contributed by atoms with Crippen LogP contribution in [-0.4, -0.2) is 9.55 Å². The predicted octanol–water partition coefficient (Wildman–Crippen LogP) is 6.14. The monoisotopic (exact) mass is 340 g/mol. The second-order valence-corrected chi connectivity index (χ2v) is 7.17. The minimum absolute atomic E-state index is 0.810. The average molecular weight is 340 g/mol. The van der Waals surface area contributed by atoms with Gasteiger partial charge in [-0.25, -0.2) is 4.98 Å². The first-order valence-corrected chi connectivity index (χ1v) is 8.96. The first kappa shape index (κ1) is 13.2. The van der Waals surface area contributed by atoms with Gasteiger partial charge in [0, 0.05) is 26.9 Å². The average Bonchev–Trinajstić information content (AvgIpc) is 3.33. The van der Waals surface area contributed by atoms with Gasteiger partial charge in [0.25, 0.3) is 0 Å². The van der Waals surface area contributed by atoms with Gasteiger partial charge in [-0.15, -0.1) is 11.3 Å². The first-order valence-electron chi connectivity index (χ1n) is 8.14. The number of benzene rings is 3. The zero-order chi connectivity index (χ0) is 16.4. The van der Waals surface area contributed by atoms with Gasteiger partial charge in [0.1, 0.15) is 10.3 Å². The Morgan fingerprint density at radius 2 is 1.72 bits per heavy atom. The van der Waals surface area contributed by atoms with Crippen molar-refractivity contribution in [3.8, 4) is 5.69 Å². The molecular formula is C21H12N2OS. The summed E-state index contributed by atoms with van der Waals surface area (Å²) in [5.41, 5.74) is 4.01. The highest BCUT2D eigenvalue weighted by Gasteiger charge is 2.17. The summed E-state index contributed by atoms with van der Waals surface area (Å²) in [5.74, 6) is 0. The number of rotatable bonds is 1. The van der Waals surface area contributed by atoms with E-state index in [1.54, 1.807) is 0 Å². The van der Waals surface area contributed by atoms with Gasteiger partial charge in [-0.2, -0.15) is 0 Å². The lowest BCUT2D eigenvalue weighted by atomic mass is 10.1. The van der Waals surface area contributed by atoms with Crippen molar-refractivity contribution in [2.75, 3.05) is 0 Å². The Labute approximate surface area is 146 Å². The molecule has 0 aliphatic heterocycles. The van der Waals surface area contributed by atoms with E-state index in [-0.39, 0.29) is 0 Å². The normalized spacial score (nSPS) is 12.0. The quantitative estimate of drug-likeness (QED) is 0.360. The lowest BCUT2D eigenvalue weighted by molar-refractivity contribution is 0.602.